The maximum Gasteiger partial charge on any atom is 0.214 e. The van der Waals surface area contributed by atoms with Crippen LogP contribution in [0.3, 0.4) is 0 Å². The van der Waals surface area contributed by atoms with Gasteiger partial charge < -0.3 is 9.47 Å². The summed E-state index contributed by atoms with van der Waals surface area (Å²) < 4.78 is 11.0. The Balaban J connectivity index is 1.79. The van der Waals surface area contributed by atoms with E-state index in [1.807, 2.05) is 54.6 Å². The Hall–Kier alpha value is -2.40. The van der Waals surface area contributed by atoms with Crippen molar-refractivity contribution in [1.29, 1.82) is 0 Å². The molecule has 0 aliphatic rings. The molecule has 0 heterocycles. The van der Waals surface area contributed by atoms with Gasteiger partial charge in [0.15, 0.2) is 6.79 Å². The first-order chi connectivity index (χ1) is 10.6. The summed E-state index contributed by atoms with van der Waals surface area (Å²) in [6, 6.07) is 16.5. The van der Waals surface area contributed by atoms with Crippen LogP contribution in [0.5, 0.6) is 5.75 Å². The van der Waals surface area contributed by atoms with Crippen LogP contribution in [0.15, 0.2) is 54.6 Å². The molecule has 1 atom stereocenters. The monoisotopic (exact) mass is 301 g/mol. The predicted octanol–water partition coefficient (Wildman–Crippen LogP) is 3.45. The van der Waals surface area contributed by atoms with E-state index in [1.54, 1.807) is 6.92 Å². The van der Waals surface area contributed by atoms with Crippen LogP contribution < -0.4 is 4.74 Å². The molecule has 0 saturated carbocycles. The van der Waals surface area contributed by atoms with Crippen LogP contribution in [-0.4, -0.2) is 17.8 Å². The van der Waals surface area contributed by atoms with Crippen molar-refractivity contribution in [3.63, 3.8) is 0 Å². The number of benzene rings is 2. The van der Waals surface area contributed by atoms with E-state index < -0.39 is 6.04 Å². The molecule has 0 aliphatic carbocycles. The summed E-state index contributed by atoms with van der Waals surface area (Å²) in [7, 11) is 0. The van der Waals surface area contributed by atoms with E-state index in [0.29, 0.717) is 18.8 Å². The molecule has 5 heteroatoms. The zero-order chi connectivity index (χ0) is 15.8. The van der Waals surface area contributed by atoms with E-state index >= 15 is 0 Å². The lowest BCUT2D eigenvalue weighted by molar-refractivity contribution is -0.517. The fourth-order valence-corrected chi connectivity index (χ4v) is 2.02. The van der Waals surface area contributed by atoms with E-state index in [0.717, 1.165) is 11.1 Å². The highest BCUT2D eigenvalue weighted by molar-refractivity contribution is 5.28. The summed E-state index contributed by atoms with van der Waals surface area (Å²) in [5.74, 6) is 0.654. The van der Waals surface area contributed by atoms with Crippen molar-refractivity contribution in [2.45, 2.75) is 26.0 Å². The molecule has 2 aromatic rings. The van der Waals surface area contributed by atoms with Gasteiger partial charge in [0.05, 0.1) is 6.61 Å². The molecule has 0 spiro atoms. The molecule has 2 rings (SSSR count). The molecule has 0 saturated heterocycles. The van der Waals surface area contributed by atoms with Gasteiger partial charge in [-0.05, 0) is 23.3 Å². The van der Waals surface area contributed by atoms with Crippen LogP contribution in [0, 0.1) is 10.1 Å². The molecule has 0 radical (unpaired) electrons. The summed E-state index contributed by atoms with van der Waals surface area (Å²) in [5, 5.41) is 10.7. The van der Waals surface area contributed by atoms with Gasteiger partial charge in [-0.15, -0.1) is 0 Å². The summed E-state index contributed by atoms with van der Waals surface area (Å²) >= 11 is 0. The first-order valence-corrected chi connectivity index (χ1v) is 7.12. The summed E-state index contributed by atoms with van der Waals surface area (Å²) in [6.45, 7) is 2.22. The van der Waals surface area contributed by atoms with Gasteiger partial charge >= 0.3 is 0 Å². The van der Waals surface area contributed by atoms with Gasteiger partial charge in [-0.3, -0.25) is 10.1 Å². The highest BCUT2D eigenvalue weighted by Gasteiger charge is 2.13. The molecule has 0 N–H and O–H groups in total. The Labute approximate surface area is 129 Å². The number of nitrogens with zero attached hydrogens (tertiary/aromatic N) is 1. The van der Waals surface area contributed by atoms with E-state index in [1.165, 1.54) is 0 Å². The predicted molar refractivity (Wildman–Crippen MR) is 83.3 cm³/mol. The van der Waals surface area contributed by atoms with Crippen molar-refractivity contribution >= 4 is 0 Å². The van der Waals surface area contributed by atoms with Crippen LogP contribution in [0.4, 0.5) is 0 Å². The Morgan fingerprint density at radius 1 is 1.09 bits per heavy atom. The fourth-order valence-electron chi connectivity index (χ4n) is 2.02. The van der Waals surface area contributed by atoms with Crippen LogP contribution in [-0.2, 0) is 17.8 Å². The number of hydrogen-bond acceptors (Lipinski definition) is 4. The number of rotatable bonds is 8. The third-order valence-corrected chi connectivity index (χ3v) is 3.21. The molecule has 5 nitrogen and oxygen atoms in total. The van der Waals surface area contributed by atoms with Gasteiger partial charge in [0.25, 0.3) is 0 Å². The maximum absolute atomic E-state index is 10.7. The normalized spacial score (nSPS) is 11.9. The third kappa shape index (κ3) is 5.18. The van der Waals surface area contributed by atoms with Crippen LogP contribution in [0.25, 0.3) is 0 Å². The zero-order valence-electron chi connectivity index (χ0n) is 12.5. The van der Waals surface area contributed by atoms with Gasteiger partial charge in [-0.2, -0.15) is 0 Å². The standard InChI is InChI=1S/C17H19NO4/c1-14(18(19)20)10-16-8-5-9-17(11-16)22-13-21-12-15-6-3-2-4-7-15/h2-9,11,14H,10,12-13H2,1H3. The van der Waals surface area contributed by atoms with Gasteiger partial charge in [-0.1, -0.05) is 42.5 Å². The van der Waals surface area contributed by atoms with E-state index in [2.05, 4.69) is 0 Å². The average Bonchev–Trinajstić information content (AvgIpc) is 2.53. The van der Waals surface area contributed by atoms with Crippen molar-refractivity contribution in [3.8, 4) is 5.75 Å². The minimum atomic E-state index is -0.607. The van der Waals surface area contributed by atoms with Gasteiger partial charge in [-0.25, -0.2) is 0 Å². The smallest absolute Gasteiger partial charge is 0.214 e. The lowest BCUT2D eigenvalue weighted by Gasteiger charge is -2.09. The first kappa shape index (κ1) is 16.0. The van der Waals surface area contributed by atoms with E-state index in [9.17, 15) is 10.1 Å². The lowest BCUT2D eigenvalue weighted by atomic mass is 10.1. The van der Waals surface area contributed by atoms with Crippen molar-refractivity contribution in [1.82, 2.24) is 0 Å². The van der Waals surface area contributed by atoms with Gasteiger partial charge in [0, 0.05) is 18.3 Å². The zero-order valence-corrected chi connectivity index (χ0v) is 12.5. The largest absolute Gasteiger partial charge is 0.468 e. The van der Waals surface area contributed by atoms with E-state index in [-0.39, 0.29) is 11.7 Å². The maximum atomic E-state index is 10.7. The first-order valence-electron chi connectivity index (χ1n) is 7.12. The Kier molecular flexibility index (Phi) is 5.91. The molecule has 0 aromatic heterocycles. The molecular formula is C17H19NO4. The van der Waals surface area contributed by atoms with Gasteiger partial charge in [0.2, 0.25) is 6.04 Å². The highest BCUT2D eigenvalue weighted by Crippen LogP contribution is 2.15. The minimum absolute atomic E-state index is 0.142. The summed E-state index contributed by atoms with van der Waals surface area (Å²) in [4.78, 5) is 10.4. The summed E-state index contributed by atoms with van der Waals surface area (Å²) in [6.07, 6.45) is 0.384. The van der Waals surface area contributed by atoms with Crippen LogP contribution in [0.2, 0.25) is 0 Å². The highest BCUT2D eigenvalue weighted by atomic mass is 16.7. The number of hydrogen-bond donors (Lipinski definition) is 0. The number of nitro groups is 1. The fraction of sp³-hybridized carbons (Fsp3) is 0.294. The molecule has 1 unspecified atom stereocenters. The Bertz CT molecular complexity index is 601. The van der Waals surface area contributed by atoms with Crippen molar-refractivity contribution in [2.24, 2.45) is 0 Å². The quantitative estimate of drug-likeness (QED) is 0.324. The molecule has 0 fully saturated rings. The number of ether oxygens (including phenoxy) is 2. The van der Waals surface area contributed by atoms with Gasteiger partial charge in [0.1, 0.15) is 5.75 Å². The van der Waals surface area contributed by atoms with Crippen molar-refractivity contribution in [2.75, 3.05) is 6.79 Å². The second-order valence-corrected chi connectivity index (χ2v) is 5.08. The Morgan fingerprint density at radius 3 is 2.55 bits per heavy atom. The molecule has 116 valence electrons. The Morgan fingerprint density at radius 2 is 1.82 bits per heavy atom. The molecule has 0 amide bonds. The molecule has 2 aromatic carbocycles. The molecule has 0 bridgehead atoms. The molecular weight excluding hydrogens is 282 g/mol. The third-order valence-electron chi connectivity index (χ3n) is 3.21. The summed E-state index contributed by atoms with van der Waals surface area (Å²) in [5.41, 5.74) is 1.96. The second-order valence-electron chi connectivity index (χ2n) is 5.08. The lowest BCUT2D eigenvalue weighted by Crippen LogP contribution is -2.17. The SMILES string of the molecule is CC(Cc1cccc(OCOCc2ccccc2)c1)[N+](=O)[O-]. The average molecular weight is 301 g/mol. The topological polar surface area (TPSA) is 61.6 Å². The molecule has 0 aliphatic heterocycles. The molecule has 22 heavy (non-hydrogen) atoms. The van der Waals surface area contributed by atoms with Crippen molar-refractivity contribution in [3.05, 3.63) is 75.8 Å². The van der Waals surface area contributed by atoms with Crippen molar-refractivity contribution < 1.29 is 14.4 Å². The van der Waals surface area contributed by atoms with Crippen LogP contribution >= 0.6 is 0 Å². The second kappa shape index (κ2) is 8.14. The van der Waals surface area contributed by atoms with Crippen LogP contribution in [0.1, 0.15) is 18.1 Å². The minimum Gasteiger partial charge on any atom is -0.468 e. The van der Waals surface area contributed by atoms with E-state index in [4.69, 9.17) is 9.47 Å².